The van der Waals surface area contributed by atoms with Gasteiger partial charge in [-0.1, -0.05) is 59.8 Å². The summed E-state index contributed by atoms with van der Waals surface area (Å²) in [5.41, 5.74) is 2.03. The van der Waals surface area contributed by atoms with Crippen molar-refractivity contribution >= 4 is 28.2 Å². The summed E-state index contributed by atoms with van der Waals surface area (Å²) in [6, 6.07) is 20.8. The molecule has 1 aromatic heterocycles. The quantitative estimate of drug-likeness (QED) is 0.488. The lowest BCUT2D eigenvalue weighted by atomic mass is 10.0. The number of aromatic nitrogens is 2. The SMILES string of the molecule is CC(=O)c1cccc(NC(=O)CCc2nc(-c3cccc4ccccc34)no2)c1. The number of carbonyl (C=O) groups is 2. The molecule has 0 fully saturated rings. The van der Waals surface area contributed by atoms with Crippen LogP contribution in [0.1, 0.15) is 29.6 Å². The Bertz CT molecular complexity index is 1190. The first-order valence-corrected chi connectivity index (χ1v) is 9.32. The Morgan fingerprint density at radius 3 is 2.66 bits per heavy atom. The van der Waals surface area contributed by atoms with Crippen LogP contribution in [0.2, 0.25) is 0 Å². The van der Waals surface area contributed by atoms with Crippen LogP contribution in [-0.2, 0) is 11.2 Å². The van der Waals surface area contributed by atoms with Crippen LogP contribution in [-0.4, -0.2) is 21.8 Å². The second kappa shape index (κ2) is 8.06. The van der Waals surface area contributed by atoms with E-state index < -0.39 is 0 Å². The summed E-state index contributed by atoms with van der Waals surface area (Å²) in [5.74, 6) is 0.676. The molecule has 4 rings (SSSR count). The molecule has 29 heavy (non-hydrogen) atoms. The highest BCUT2D eigenvalue weighted by atomic mass is 16.5. The third kappa shape index (κ3) is 4.21. The van der Waals surface area contributed by atoms with Crippen LogP contribution < -0.4 is 5.32 Å². The van der Waals surface area contributed by atoms with Gasteiger partial charge in [0.2, 0.25) is 17.6 Å². The number of fused-ring (bicyclic) bond motifs is 1. The van der Waals surface area contributed by atoms with Crippen molar-refractivity contribution in [2.75, 3.05) is 5.32 Å². The van der Waals surface area contributed by atoms with Gasteiger partial charge in [0.25, 0.3) is 0 Å². The summed E-state index contributed by atoms with van der Waals surface area (Å²) in [7, 11) is 0. The van der Waals surface area contributed by atoms with Crippen molar-refractivity contribution in [3.63, 3.8) is 0 Å². The molecule has 0 saturated heterocycles. The van der Waals surface area contributed by atoms with Crippen LogP contribution in [0, 0.1) is 0 Å². The summed E-state index contributed by atoms with van der Waals surface area (Å²) in [6.45, 7) is 1.49. The van der Waals surface area contributed by atoms with Crippen molar-refractivity contribution in [3.8, 4) is 11.4 Å². The maximum absolute atomic E-state index is 12.2. The normalized spacial score (nSPS) is 10.8. The van der Waals surface area contributed by atoms with Crippen molar-refractivity contribution < 1.29 is 14.1 Å². The Morgan fingerprint density at radius 1 is 1.00 bits per heavy atom. The number of nitrogens with one attached hydrogen (secondary N) is 1. The summed E-state index contributed by atoms with van der Waals surface area (Å²) in [6.07, 6.45) is 0.525. The van der Waals surface area contributed by atoms with Gasteiger partial charge in [0.05, 0.1) is 0 Å². The molecule has 0 unspecified atom stereocenters. The molecule has 0 saturated carbocycles. The van der Waals surface area contributed by atoms with Gasteiger partial charge in [-0.05, 0) is 29.8 Å². The maximum Gasteiger partial charge on any atom is 0.227 e. The van der Waals surface area contributed by atoms with E-state index in [0.717, 1.165) is 16.3 Å². The third-order valence-electron chi connectivity index (χ3n) is 4.62. The lowest BCUT2D eigenvalue weighted by Crippen LogP contribution is -2.12. The van der Waals surface area contributed by atoms with Gasteiger partial charge in [-0.25, -0.2) is 0 Å². The highest BCUT2D eigenvalue weighted by molar-refractivity contribution is 5.97. The topological polar surface area (TPSA) is 85.1 Å². The van der Waals surface area contributed by atoms with Gasteiger partial charge in [0, 0.05) is 29.7 Å². The van der Waals surface area contributed by atoms with E-state index in [1.54, 1.807) is 24.3 Å². The highest BCUT2D eigenvalue weighted by Gasteiger charge is 2.13. The molecule has 4 aromatic rings. The Kier molecular flexibility index (Phi) is 5.16. The van der Waals surface area contributed by atoms with Crippen molar-refractivity contribution in [2.24, 2.45) is 0 Å². The van der Waals surface area contributed by atoms with E-state index in [1.165, 1.54) is 6.92 Å². The number of benzene rings is 3. The first-order chi connectivity index (χ1) is 14.1. The van der Waals surface area contributed by atoms with Crippen molar-refractivity contribution in [2.45, 2.75) is 19.8 Å². The van der Waals surface area contributed by atoms with Crippen LogP contribution in [0.25, 0.3) is 22.2 Å². The van der Waals surface area contributed by atoms with Crippen molar-refractivity contribution in [1.82, 2.24) is 10.1 Å². The fraction of sp³-hybridized carbons (Fsp3) is 0.130. The van der Waals surface area contributed by atoms with Crippen LogP contribution in [0.5, 0.6) is 0 Å². The molecule has 1 N–H and O–H groups in total. The lowest BCUT2D eigenvalue weighted by molar-refractivity contribution is -0.116. The molecule has 0 spiro atoms. The lowest BCUT2D eigenvalue weighted by Gasteiger charge is -2.05. The third-order valence-corrected chi connectivity index (χ3v) is 4.62. The number of nitrogens with zero attached hydrogens (tertiary/aromatic N) is 2. The molecule has 0 aliphatic rings. The van der Waals surface area contributed by atoms with E-state index >= 15 is 0 Å². The monoisotopic (exact) mass is 385 g/mol. The molecule has 0 atom stereocenters. The average molecular weight is 385 g/mol. The predicted molar refractivity (Wildman–Crippen MR) is 111 cm³/mol. The van der Waals surface area contributed by atoms with Gasteiger partial charge in [-0.2, -0.15) is 4.98 Å². The van der Waals surface area contributed by atoms with Crippen molar-refractivity contribution in [3.05, 3.63) is 78.2 Å². The van der Waals surface area contributed by atoms with E-state index in [0.29, 0.717) is 29.4 Å². The molecule has 0 bridgehead atoms. The highest BCUT2D eigenvalue weighted by Crippen LogP contribution is 2.26. The fourth-order valence-corrected chi connectivity index (χ4v) is 3.15. The molecular formula is C23H19N3O3. The number of ketones is 1. The zero-order valence-corrected chi connectivity index (χ0v) is 15.9. The maximum atomic E-state index is 12.2. The van der Waals surface area contributed by atoms with E-state index in [-0.39, 0.29) is 18.1 Å². The summed E-state index contributed by atoms with van der Waals surface area (Å²) in [5, 5.41) is 9.01. The Hall–Kier alpha value is -3.80. The number of hydrogen-bond acceptors (Lipinski definition) is 5. The van der Waals surface area contributed by atoms with Crippen molar-refractivity contribution in [1.29, 1.82) is 0 Å². The molecule has 1 heterocycles. The fourth-order valence-electron chi connectivity index (χ4n) is 3.15. The molecular weight excluding hydrogens is 366 g/mol. The standard InChI is InChI=1S/C23H19N3O3/c1-15(27)17-8-4-9-18(14-17)24-21(28)12-13-22-25-23(26-29-22)20-11-5-7-16-6-2-3-10-19(16)20/h2-11,14H,12-13H2,1H3,(H,24,28). The molecule has 144 valence electrons. The average Bonchev–Trinajstić information content (AvgIpc) is 3.21. The second-order valence-corrected chi connectivity index (χ2v) is 6.72. The first kappa shape index (κ1) is 18.6. The molecule has 6 nitrogen and oxygen atoms in total. The minimum absolute atomic E-state index is 0.0482. The second-order valence-electron chi connectivity index (χ2n) is 6.72. The smallest absolute Gasteiger partial charge is 0.227 e. The molecule has 0 aliphatic heterocycles. The van der Waals surface area contributed by atoms with Gasteiger partial charge in [0.15, 0.2) is 5.78 Å². The predicted octanol–water partition coefficient (Wildman–Crippen LogP) is 4.66. The Labute approximate surface area is 167 Å². The van der Waals surface area contributed by atoms with Crippen LogP contribution in [0.15, 0.2) is 71.3 Å². The number of amides is 1. The Morgan fingerprint density at radius 2 is 1.79 bits per heavy atom. The molecule has 1 amide bonds. The van der Waals surface area contributed by atoms with E-state index in [2.05, 4.69) is 15.5 Å². The number of hydrogen-bond donors (Lipinski definition) is 1. The van der Waals surface area contributed by atoms with Gasteiger partial charge in [0.1, 0.15) is 0 Å². The number of rotatable bonds is 6. The van der Waals surface area contributed by atoms with E-state index in [1.807, 2.05) is 42.5 Å². The summed E-state index contributed by atoms with van der Waals surface area (Å²) < 4.78 is 5.33. The van der Waals surface area contributed by atoms with Gasteiger partial charge >= 0.3 is 0 Å². The number of Topliss-reactive ketones (excluding diaryl/α,β-unsaturated/α-hetero) is 1. The molecule has 0 aliphatic carbocycles. The zero-order valence-electron chi connectivity index (χ0n) is 15.9. The molecule has 0 radical (unpaired) electrons. The minimum atomic E-state index is -0.185. The zero-order chi connectivity index (χ0) is 20.2. The summed E-state index contributed by atoms with van der Waals surface area (Å²) in [4.78, 5) is 28.1. The minimum Gasteiger partial charge on any atom is -0.339 e. The van der Waals surface area contributed by atoms with Gasteiger partial charge < -0.3 is 9.84 Å². The summed E-state index contributed by atoms with van der Waals surface area (Å²) >= 11 is 0. The molecule has 6 heteroatoms. The van der Waals surface area contributed by atoms with Crippen LogP contribution >= 0.6 is 0 Å². The molecule has 3 aromatic carbocycles. The number of aryl methyl sites for hydroxylation is 1. The number of anilines is 1. The van der Waals surface area contributed by atoms with Gasteiger partial charge in [-0.3, -0.25) is 9.59 Å². The van der Waals surface area contributed by atoms with E-state index in [4.69, 9.17) is 4.52 Å². The van der Waals surface area contributed by atoms with Gasteiger partial charge in [-0.15, -0.1) is 0 Å². The first-order valence-electron chi connectivity index (χ1n) is 9.32. The van der Waals surface area contributed by atoms with E-state index in [9.17, 15) is 9.59 Å². The Balaban J connectivity index is 1.42. The van der Waals surface area contributed by atoms with Crippen LogP contribution in [0.3, 0.4) is 0 Å². The largest absolute Gasteiger partial charge is 0.339 e. The van der Waals surface area contributed by atoms with Crippen LogP contribution in [0.4, 0.5) is 5.69 Å². The number of carbonyl (C=O) groups excluding carboxylic acids is 2.